The summed E-state index contributed by atoms with van der Waals surface area (Å²) in [5, 5.41) is 16.7. The van der Waals surface area contributed by atoms with E-state index in [2.05, 4.69) is 9.47 Å². The monoisotopic (exact) mass is 166 g/mol. The molecule has 1 N–H and O–H groups in total. The topological polar surface area (TPSA) is 62.5 Å². The normalized spacial score (nSPS) is 10.5. The molecule has 0 saturated heterocycles. The maximum Gasteiger partial charge on any atom is 0.196 e. The Kier molecular flexibility index (Phi) is 9.90. The van der Waals surface area contributed by atoms with Crippen molar-refractivity contribution in [2.75, 3.05) is 14.2 Å². The fraction of sp³-hybridized carbons (Fsp3) is 0.500. The summed E-state index contributed by atoms with van der Waals surface area (Å²) < 4.78 is 9.34. The first-order valence-corrected chi connectivity index (χ1v) is 2.60. The molecule has 0 atom stereocenters. The number of hydrogen-bond acceptors (Lipinski definition) is 4. The van der Waals surface area contributed by atoms with E-state index in [1.807, 2.05) is 0 Å². The van der Waals surface area contributed by atoms with Crippen molar-refractivity contribution in [2.45, 2.75) is 6.29 Å². The molecule has 0 aliphatic carbocycles. The number of aliphatic hydroxyl groups is 1. The van der Waals surface area contributed by atoms with Crippen LogP contribution in [0, 0.1) is 11.3 Å². The standard InChI is InChI=1S/C6H9NO3.Na/c1-9-6(10-2)5(3-7)4-8;/h4,6,8H,1-2H3;/b5-4+;. The second-order valence-corrected chi connectivity index (χ2v) is 1.50. The number of ether oxygens (including phenoxy) is 2. The second kappa shape index (κ2) is 8.05. The van der Waals surface area contributed by atoms with Crippen LogP contribution in [-0.2, 0) is 9.47 Å². The molecule has 0 heterocycles. The van der Waals surface area contributed by atoms with Crippen LogP contribution in [0.5, 0.6) is 0 Å². The van der Waals surface area contributed by atoms with Crippen LogP contribution in [0.4, 0.5) is 0 Å². The van der Waals surface area contributed by atoms with Crippen LogP contribution in [0.1, 0.15) is 0 Å². The molecule has 0 rings (SSSR count). The van der Waals surface area contributed by atoms with Gasteiger partial charge in [0.25, 0.3) is 0 Å². The number of rotatable bonds is 3. The smallest absolute Gasteiger partial charge is 0.196 e. The molecular formula is C6H9NNaO3. The SMILES string of the molecule is COC(OC)/C(C#N)=C/O.[Na]. The Bertz CT molecular complexity index is 160. The van der Waals surface area contributed by atoms with Crippen molar-refractivity contribution in [3.63, 3.8) is 0 Å². The Morgan fingerprint density at radius 1 is 1.55 bits per heavy atom. The molecule has 0 unspecified atom stereocenters. The van der Waals surface area contributed by atoms with Crippen molar-refractivity contribution in [2.24, 2.45) is 0 Å². The van der Waals surface area contributed by atoms with Gasteiger partial charge in [0, 0.05) is 43.8 Å². The summed E-state index contributed by atoms with van der Waals surface area (Å²) in [6.07, 6.45) is -0.104. The van der Waals surface area contributed by atoms with E-state index in [0.29, 0.717) is 6.26 Å². The molecule has 11 heavy (non-hydrogen) atoms. The minimum absolute atomic E-state index is 0. The number of methoxy groups -OCH3 is 2. The summed E-state index contributed by atoms with van der Waals surface area (Å²) in [7, 11) is 2.77. The van der Waals surface area contributed by atoms with E-state index < -0.39 is 6.29 Å². The van der Waals surface area contributed by atoms with E-state index in [9.17, 15) is 0 Å². The minimum Gasteiger partial charge on any atom is -0.514 e. The molecule has 57 valence electrons. The number of nitriles is 1. The third-order valence-electron chi connectivity index (χ3n) is 0.950. The predicted molar refractivity (Wildman–Crippen MR) is 39.9 cm³/mol. The molecule has 4 nitrogen and oxygen atoms in total. The molecule has 0 bridgehead atoms. The summed E-state index contributed by atoms with van der Waals surface area (Å²) in [4.78, 5) is 0. The molecule has 1 radical (unpaired) electrons. The first-order valence-electron chi connectivity index (χ1n) is 2.60. The van der Waals surface area contributed by atoms with Crippen molar-refractivity contribution >= 4 is 29.6 Å². The Balaban J connectivity index is 0. The van der Waals surface area contributed by atoms with Crippen LogP contribution in [0.2, 0.25) is 0 Å². The van der Waals surface area contributed by atoms with Gasteiger partial charge in [-0.05, 0) is 0 Å². The Morgan fingerprint density at radius 2 is 2.00 bits per heavy atom. The summed E-state index contributed by atoms with van der Waals surface area (Å²) in [6.45, 7) is 0. The van der Waals surface area contributed by atoms with Gasteiger partial charge in [-0.15, -0.1) is 0 Å². The van der Waals surface area contributed by atoms with Crippen molar-refractivity contribution in [1.29, 1.82) is 5.26 Å². The number of nitrogens with zero attached hydrogens (tertiary/aromatic N) is 1. The molecule has 5 heteroatoms. The maximum absolute atomic E-state index is 8.41. The maximum atomic E-state index is 8.41. The van der Waals surface area contributed by atoms with Gasteiger partial charge in [-0.1, -0.05) is 0 Å². The van der Waals surface area contributed by atoms with Crippen LogP contribution < -0.4 is 0 Å². The number of hydrogen-bond donors (Lipinski definition) is 1. The zero-order valence-corrected chi connectivity index (χ0v) is 8.87. The number of aliphatic hydroxyl groups excluding tert-OH is 1. The molecule has 0 aliphatic heterocycles. The van der Waals surface area contributed by atoms with Crippen LogP contribution >= 0.6 is 0 Å². The van der Waals surface area contributed by atoms with E-state index in [4.69, 9.17) is 10.4 Å². The molecule has 0 spiro atoms. The molecule has 0 aromatic rings. The average Bonchev–Trinajstić information content (AvgIpc) is 2.00. The van der Waals surface area contributed by atoms with Crippen molar-refractivity contribution < 1.29 is 14.6 Å². The van der Waals surface area contributed by atoms with Gasteiger partial charge >= 0.3 is 0 Å². The van der Waals surface area contributed by atoms with Gasteiger partial charge in [-0.2, -0.15) is 5.26 Å². The largest absolute Gasteiger partial charge is 0.514 e. The zero-order valence-electron chi connectivity index (χ0n) is 6.87. The van der Waals surface area contributed by atoms with Crippen LogP contribution in [0.25, 0.3) is 0 Å². The van der Waals surface area contributed by atoms with Crippen LogP contribution in [-0.4, -0.2) is 55.2 Å². The van der Waals surface area contributed by atoms with Gasteiger partial charge in [0.05, 0.1) is 6.26 Å². The Hall–Kier alpha value is -0.0500. The third-order valence-corrected chi connectivity index (χ3v) is 0.950. The molecule has 0 amide bonds. The van der Waals surface area contributed by atoms with Crippen LogP contribution in [0.15, 0.2) is 11.8 Å². The van der Waals surface area contributed by atoms with Crippen LogP contribution in [0.3, 0.4) is 0 Å². The van der Waals surface area contributed by atoms with Gasteiger partial charge in [-0.25, -0.2) is 0 Å². The molecule has 0 aromatic carbocycles. The van der Waals surface area contributed by atoms with E-state index in [0.717, 1.165) is 0 Å². The van der Waals surface area contributed by atoms with Gasteiger partial charge in [0.1, 0.15) is 11.6 Å². The van der Waals surface area contributed by atoms with Gasteiger partial charge in [0.15, 0.2) is 6.29 Å². The summed E-state index contributed by atoms with van der Waals surface area (Å²) in [6, 6.07) is 1.71. The first kappa shape index (κ1) is 13.5. The summed E-state index contributed by atoms with van der Waals surface area (Å²) in [5.74, 6) is 0. The van der Waals surface area contributed by atoms with E-state index in [1.54, 1.807) is 6.07 Å². The van der Waals surface area contributed by atoms with E-state index >= 15 is 0 Å². The second-order valence-electron chi connectivity index (χ2n) is 1.50. The Labute approximate surface area is 87.7 Å². The zero-order chi connectivity index (χ0) is 7.98. The average molecular weight is 166 g/mol. The minimum atomic E-state index is -0.769. The molecule has 0 aliphatic rings. The van der Waals surface area contributed by atoms with Crippen molar-refractivity contribution in [3.05, 3.63) is 11.8 Å². The van der Waals surface area contributed by atoms with E-state index in [-0.39, 0.29) is 35.1 Å². The third kappa shape index (κ3) is 4.40. The molecule has 0 fully saturated rings. The van der Waals surface area contributed by atoms with Crippen molar-refractivity contribution in [1.82, 2.24) is 0 Å². The molecular weight excluding hydrogens is 157 g/mol. The van der Waals surface area contributed by atoms with Gasteiger partial charge in [-0.3, -0.25) is 0 Å². The predicted octanol–water partition coefficient (Wildman–Crippen LogP) is 0.190. The fourth-order valence-electron chi connectivity index (χ4n) is 0.493. The first-order chi connectivity index (χ1) is 4.79. The summed E-state index contributed by atoms with van der Waals surface area (Å²) in [5.41, 5.74) is 0.0463. The van der Waals surface area contributed by atoms with Gasteiger partial charge in [0.2, 0.25) is 0 Å². The Morgan fingerprint density at radius 3 is 2.09 bits per heavy atom. The fourth-order valence-corrected chi connectivity index (χ4v) is 0.493. The summed E-state index contributed by atoms with van der Waals surface area (Å²) >= 11 is 0. The van der Waals surface area contributed by atoms with Crippen molar-refractivity contribution in [3.8, 4) is 6.07 Å². The molecule has 0 aromatic heterocycles. The van der Waals surface area contributed by atoms with E-state index in [1.165, 1.54) is 14.2 Å². The quantitative estimate of drug-likeness (QED) is 0.281. The molecule has 0 saturated carbocycles. The van der Waals surface area contributed by atoms with Gasteiger partial charge < -0.3 is 14.6 Å².